The fraction of sp³-hybridized carbons (Fsp3) is 0.857. The minimum atomic E-state index is -0.439. The third-order valence-corrected chi connectivity index (χ3v) is 3.80. The Labute approximate surface area is 104 Å². The van der Waals surface area contributed by atoms with Gasteiger partial charge in [-0.3, -0.25) is 0 Å². The van der Waals surface area contributed by atoms with Crippen LogP contribution in [0.5, 0.6) is 0 Å². The van der Waals surface area contributed by atoms with Crippen molar-refractivity contribution in [2.45, 2.75) is 57.5 Å². The second-order valence-corrected chi connectivity index (χ2v) is 5.72. The summed E-state index contributed by atoms with van der Waals surface area (Å²) in [5.74, 6) is 0.476. The Morgan fingerprint density at radius 1 is 1.53 bits per heavy atom. The number of unbranched alkanes of at least 4 members (excludes halogenated alkanes) is 1. The maximum Gasteiger partial charge on any atom is 0.163 e. The van der Waals surface area contributed by atoms with Gasteiger partial charge in [0, 0.05) is 0 Å². The number of rotatable bonds is 6. The molecule has 0 amide bonds. The number of hydrogen-bond acceptors (Lipinski definition) is 3. The molecular formula is C14H24O3. The Kier molecular flexibility index (Phi) is 3.91. The highest BCUT2D eigenvalue weighted by atomic mass is 16.7. The molecule has 1 heterocycles. The molecule has 2 rings (SSSR count). The summed E-state index contributed by atoms with van der Waals surface area (Å²) in [4.78, 5) is 0. The van der Waals surface area contributed by atoms with Crippen LogP contribution in [-0.4, -0.2) is 29.7 Å². The van der Waals surface area contributed by atoms with Crippen molar-refractivity contribution < 1.29 is 14.6 Å². The van der Waals surface area contributed by atoms with Crippen LogP contribution in [-0.2, 0) is 9.47 Å². The molecule has 0 unspecified atom stereocenters. The molecule has 1 saturated heterocycles. The van der Waals surface area contributed by atoms with Crippen molar-refractivity contribution in [1.82, 2.24) is 0 Å². The van der Waals surface area contributed by atoms with Crippen LogP contribution >= 0.6 is 0 Å². The number of hydrogen-bond donors (Lipinski definition) is 1. The number of aliphatic hydroxyl groups excluding tert-OH is 1. The smallest absolute Gasteiger partial charge is 0.163 e. The summed E-state index contributed by atoms with van der Waals surface area (Å²) < 4.78 is 11.4. The van der Waals surface area contributed by atoms with Gasteiger partial charge >= 0.3 is 0 Å². The van der Waals surface area contributed by atoms with Crippen LogP contribution in [0.2, 0.25) is 0 Å². The molecule has 1 saturated carbocycles. The van der Waals surface area contributed by atoms with E-state index in [2.05, 4.69) is 6.58 Å². The molecule has 17 heavy (non-hydrogen) atoms. The van der Waals surface area contributed by atoms with E-state index < -0.39 is 5.79 Å². The lowest BCUT2D eigenvalue weighted by atomic mass is 10.0. The van der Waals surface area contributed by atoms with E-state index in [1.165, 1.54) is 0 Å². The van der Waals surface area contributed by atoms with Crippen molar-refractivity contribution in [2.75, 3.05) is 6.61 Å². The lowest BCUT2D eigenvalue weighted by molar-refractivity contribution is -0.141. The van der Waals surface area contributed by atoms with Crippen LogP contribution in [0.25, 0.3) is 0 Å². The van der Waals surface area contributed by atoms with Gasteiger partial charge in [-0.1, -0.05) is 6.08 Å². The maximum absolute atomic E-state index is 10.0. The Balaban J connectivity index is 1.71. The third-order valence-electron chi connectivity index (χ3n) is 3.80. The Morgan fingerprint density at radius 3 is 2.88 bits per heavy atom. The van der Waals surface area contributed by atoms with E-state index in [9.17, 15) is 5.11 Å². The highest BCUT2D eigenvalue weighted by Crippen LogP contribution is 2.48. The van der Waals surface area contributed by atoms with Gasteiger partial charge in [-0.15, -0.1) is 6.58 Å². The molecule has 0 spiro atoms. The highest BCUT2D eigenvalue weighted by molar-refractivity contribution is 4.98. The fourth-order valence-corrected chi connectivity index (χ4v) is 2.72. The molecule has 1 aliphatic heterocycles. The van der Waals surface area contributed by atoms with Gasteiger partial charge in [-0.25, -0.2) is 0 Å². The van der Waals surface area contributed by atoms with Crippen LogP contribution in [0, 0.1) is 11.8 Å². The van der Waals surface area contributed by atoms with Gasteiger partial charge in [0.1, 0.15) is 0 Å². The second-order valence-electron chi connectivity index (χ2n) is 5.72. The second kappa shape index (κ2) is 5.09. The summed E-state index contributed by atoms with van der Waals surface area (Å²) in [6.07, 6.45) is 5.90. The SMILES string of the molecule is C=CCCC[C@@H](O)[C@H]1C[C@@H]1[C@@H]1COC(C)(C)O1. The zero-order valence-electron chi connectivity index (χ0n) is 10.9. The predicted octanol–water partition coefficient (Wildman–Crippen LogP) is 2.49. The normalized spacial score (nSPS) is 36.8. The summed E-state index contributed by atoms with van der Waals surface area (Å²) >= 11 is 0. The van der Waals surface area contributed by atoms with Gasteiger partial charge in [-0.05, 0) is 51.4 Å². The molecule has 2 fully saturated rings. The van der Waals surface area contributed by atoms with E-state index >= 15 is 0 Å². The highest BCUT2D eigenvalue weighted by Gasteiger charge is 2.51. The maximum atomic E-state index is 10.0. The average Bonchev–Trinajstić information content (AvgIpc) is 2.98. The molecule has 2 aliphatic rings. The molecule has 1 aliphatic carbocycles. The standard InChI is InChI=1S/C14H24O3/c1-4-5-6-7-12(15)10-8-11(10)13-9-16-14(2,3)17-13/h4,10-13,15H,1,5-9H2,2-3H3/t10-,11-,12+,13-/m0/s1. The third kappa shape index (κ3) is 3.30. The van der Waals surface area contributed by atoms with Gasteiger partial charge < -0.3 is 14.6 Å². The zero-order chi connectivity index (χ0) is 12.5. The van der Waals surface area contributed by atoms with E-state index in [0.29, 0.717) is 18.4 Å². The van der Waals surface area contributed by atoms with Crippen molar-refractivity contribution >= 4 is 0 Å². The largest absolute Gasteiger partial charge is 0.393 e. The summed E-state index contributed by atoms with van der Waals surface area (Å²) in [5, 5.41) is 10.0. The quantitative estimate of drug-likeness (QED) is 0.572. The Bertz CT molecular complexity index is 275. The first kappa shape index (κ1) is 13.1. The van der Waals surface area contributed by atoms with Gasteiger partial charge in [-0.2, -0.15) is 0 Å². The fourth-order valence-electron chi connectivity index (χ4n) is 2.72. The van der Waals surface area contributed by atoms with E-state index in [-0.39, 0.29) is 12.2 Å². The van der Waals surface area contributed by atoms with Gasteiger partial charge in [0.25, 0.3) is 0 Å². The van der Waals surface area contributed by atoms with Crippen molar-refractivity contribution in [3.8, 4) is 0 Å². The lowest BCUT2D eigenvalue weighted by Gasteiger charge is -2.17. The minimum Gasteiger partial charge on any atom is -0.393 e. The van der Waals surface area contributed by atoms with Crippen LogP contribution in [0.3, 0.4) is 0 Å². The monoisotopic (exact) mass is 240 g/mol. The first-order valence-corrected chi connectivity index (χ1v) is 6.64. The van der Waals surface area contributed by atoms with Gasteiger partial charge in [0.2, 0.25) is 0 Å². The van der Waals surface area contributed by atoms with Gasteiger partial charge in [0.05, 0.1) is 18.8 Å². The molecular weight excluding hydrogens is 216 g/mol. The van der Waals surface area contributed by atoms with Crippen LogP contribution in [0.1, 0.15) is 39.5 Å². The molecule has 4 atom stereocenters. The number of aliphatic hydroxyl groups is 1. The summed E-state index contributed by atoms with van der Waals surface area (Å²) in [5.41, 5.74) is 0. The van der Waals surface area contributed by atoms with Crippen LogP contribution in [0.4, 0.5) is 0 Å². The molecule has 3 nitrogen and oxygen atoms in total. The summed E-state index contributed by atoms with van der Waals surface area (Å²) in [6, 6.07) is 0. The van der Waals surface area contributed by atoms with E-state index in [4.69, 9.17) is 9.47 Å². The minimum absolute atomic E-state index is 0.174. The van der Waals surface area contributed by atoms with Crippen molar-refractivity contribution in [3.63, 3.8) is 0 Å². The van der Waals surface area contributed by atoms with Crippen LogP contribution in [0.15, 0.2) is 12.7 Å². The van der Waals surface area contributed by atoms with E-state index in [1.54, 1.807) is 0 Å². The molecule has 98 valence electrons. The van der Waals surface area contributed by atoms with E-state index in [0.717, 1.165) is 25.7 Å². The first-order chi connectivity index (χ1) is 8.03. The predicted molar refractivity (Wildman–Crippen MR) is 66.6 cm³/mol. The number of allylic oxidation sites excluding steroid dienone is 1. The number of ether oxygens (including phenoxy) is 2. The Hall–Kier alpha value is -0.380. The average molecular weight is 240 g/mol. The van der Waals surface area contributed by atoms with E-state index in [1.807, 2.05) is 19.9 Å². The van der Waals surface area contributed by atoms with Crippen molar-refractivity contribution in [3.05, 3.63) is 12.7 Å². The first-order valence-electron chi connectivity index (χ1n) is 6.64. The van der Waals surface area contributed by atoms with Crippen molar-refractivity contribution in [2.24, 2.45) is 11.8 Å². The van der Waals surface area contributed by atoms with Gasteiger partial charge in [0.15, 0.2) is 5.79 Å². The van der Waals surface area contributed by atoms with Crippen molar-refractivity contribution in [1.29, 1.82) is 0 Å². The molecule has 1 N–H and O–H groups in total. The molecule has 0 aromatic rings. The topological polar surface area (TPSA) is 38.7 Å². The lowest BCUT2D eigenvalue weighted by Crippen LogP contribution is -2.23. The molecule has 3 heteroatoms. The Morgan fingerprint density at radius 2 is 2.29 bits per heavy atom. The summed E-state index contributed by atoms with van der Waals surface area (Å²) in [7, 11) is 0. The summed E-state index contributed by atoms with van der Waals surface area (Å²) in [6.45, 7) is 8.27. The van der Waals surface area contributed by atoms with Crippen LogP contribution < -0.4 is 0 Å². The molecule has 0 aromatic heterocycles. The zero-order valence-corrected chi connectivity index (χ0v) is 10.9. The molecule has 0 aromatic carbocycles. The molecule has 0 radical (unpaired) electrons. The molecule has 0 bridgehead atoms.